The highest BCUT2D eigenvalue weighted by molar-refractivity contribution is 9.08. The van der Waals surface area contributed by atoms with Gasteiger partial charge in [0.2, 0.25) is 0 Å². The summed E-state index contributed by atoms with van der Waals surface area (Å²) in [7, 11) is 0. The maximum absolute atomic E-state index is 8.40. The summed E-state index contributed by atoms with van der Waals surface area (Å²) >= 11 is 3.37. The summed E-state index contributed by atoms with van der Waals surface area (Å²) in [6.07, 6.45) is 0. The number of rotatable bonds is 3. The van der Waals surface area contributed by atoms with Gasteiger partial charge < -0.3 is 4.74 Å². The van der Waals surface area contributed by atoms with Crippen LogP contribution in [0.15, 0.2) is 18.2 Å². The Bertz CT molecular complexity index is 330. The molecule has 0 bridgehead atoms. The van der Waals surface area contributed by atoms with E-state index in [-0.39, 0.29) is 6.61 Å². The first-order valence-corrected chi connectivity index (χ1v) is 5.06. The van der Waals surface area contributed by atoms with Gasteiger partial charge >= 0.3 is 0 Å². The summed E-state index contributed by atoms with van der Waals surface area (Å²) in [5.41, 5.74) is 2.14. The Morgan fingerprint density at radius 1 is 1.54 bits per heavy atom. The molecule has 0 aromatic heterocycles. The molecule has 0 aliphatic heterocycles. The van der Waals surface area contributed by atoms with E-state index in [0.29, 0.717) is 0 Å². The van der Waals surface area contributed by atoms with E-state index in [9.17, 15) is 0 Å². The number of alkyl halides is 1. The second-order valence-electron chi connectivity index (χ2n) is 2.64. The summed E-state index contributed by atoms with van der Waals surface area (Å²) in [4.78, 5) is 0. The highest BCUT2D eigenvalue weighted by Gasteiger charge is 2.04. The van der Waals surface area contributed by atoms with Crippen LogP contribution < -0.4 is 4.74 Å². The fourth-order valence-electron chi connectivity index (χ4n) is 1.13. The van der Waals surface area contributed by atoms with E-state index in [1.54, 1.807) is 0 Å². The smallest absolute Gasteiger partial charge is 0.174 e. The van der Waals surface area contributed by atoms with E-state index >= 15 is 0 Å². The molecule has 0 saturated heterocycles. The molecule has 0 aliphatic carbocycles. The lowest BCUT2D eigenvalue weighted by atomic mass is 10.1. The Kier molecular flexibility index (Phi) is 3.78. The molecule has 2 nitrogen and oxygen atoms in total. The van der Waals surface area contributed by atoms with Gasteiger partial charge in [0.05, 0.1) is 0 Å². The minimum Gasteiger partial charge on any atom is -0.478 e. The molecule has 0 unspecified atom stereocenters. The molecule has 0 N–H and O–H groups in total. The standard InChI is InChI=1S/C10H10BrNO/c1-8-3-2-4-9(7-11)10(8)13-6-5-12/h2-4H,6-7H2,1H3. The zero-order chi connectivity index (χ0) is 9.68. The van der Waals surface area contributed by atoms with Gasteiger partial charge in [0.15, 0.2) is 6.61 Å². The first-order chi connectivity index (χ1) is 6.29. The van der Waals surface area contributed by atoms with Crippen LogP contribution in [0.4, 0.5) is 0 Å². The van der Waals surface area contributed by atoms with Crippen molar-refractivity contribution in [3.05, 3.63) is 29.3 Å². The number of para-hydroxylation sites is 1. The molecule has 1 aromatic carbocycles. The topological polar surface area (TPSA) is 33.0 Å². The molecular weight excluding hydrogens is 230 g/mol. The van der Waals surface area contributed by atoms with Crippen molar-refractivity contribution >= 4 is 15.9 Å². The van der Waals surface area contributed by atoms with Gasteiger partial charge in [-0.15, -0.1) is 0 Å². The van der Waals surface area contributed by atoms with Gasteiger partial charge in [-0.25, -0.2) is 0 Å². The van der Waals surface area contributed by atoms with Gasteiger partial charge in [-0.2, -0.15) is 5.26 Å². The fraction of sp³-hybridized carbons (Fsp3) is 0.300. The van der Waals surface area contributed by atoms with Crippen molar-refractivity contribution in [3.8, 4) is 11.8 Å². The Balaban J connectivity index is 2.95. The lowest BCUT2D eigenvalue weighted by Gasteiger charge is -2.09. The molecule has 0 aliphatic rings. The Hall–Kier alpha value is -1.01. The van der Waals surface area contributed by atoms with Gasteiger partial charge in [0.25, 0.3) is 0 Å². The Labute approximate surface area is 86.3 Å². The maximum atomic E-state index is 8.40. The largest absolute Gasteiger partial charge is 0.478 e. The van der Waals surface area contributed by atoms with Crippen LogP contribution >= 0.6 is 15.9 Å². The molecule has 0 saturated carbocycles. The van der Waals surface area contributed by atoms with Gasteiger partial charge in [0, 0.05) is 10.9 Å². The highest BCUT2D eigenvalue weighted by atomic mass is 79.9. The maximum Gasteiger partial charge on any atom is 0.174 e. The zero-order valence-electron chi connectivity index (χ0n) is 7.38. The van der Waals surface area contributed by atoms with Crippen LogP contribution in [0.2, 0.25) is 0 Å². The second-order valence-corrected chi connectivity index (χ2v) is 3.20. The number of hydrogen-bond donors (Lipinski definition) is 0. The molecule has 68 valence electrons. The molecular formula is C10H10BrNO. The first-order valence-electron chi connectivity index (χ1n) is 3.93. The van der Waals surface area contributed by atoms with Crippen LogP contribution in [-0.2, 0) is 5.33 Å². The van der Waals surface area contributed by atoms with Crippen LogP contribution in [0.25, 0.3) is 0 Å². The number of ether oxygens (including phenoxy) is 1. The van der Waals surface area contributed by atoms with Crippen molar-refractivity contribution in [2.75, 3.05) is 6.61 Å². The summed E-state index contributed by atoms with van der Waals surface area (Å²) < 4.78 is 5.32. The number of halogens is 1. The molecule has 1 rings (SSSR count). The van der Waals surface area contributed by atoms with Crippen LogP contribution in [0.5, 0.6) is 5.75 Å². The molecule has 13 heavy (non-hydrogen) atoms. The van der Waals surface area contributed by atoms with Crippen molar-refractivity contribution in [2.24, 2.45) is 0 Å². The van der Waals surface area contributed by atoms with Crippen LogP contribution in [0, 0.1) is 18.3 Å². The minimum absolute atomic E-state index is 0.102. The van der Waals surface area contributed by atoms with Crippen LogP contribution in [0.1, 0.15) is 11.1 Å². The fourth-order valence-corrected chi connectivity index (χ4v) is 1.57. The summed E-state index contributed by atoms with van der Waals surface area (Å²) in [5.74, 6) is 0.820. The quantitative estimate of drug-likeness (QED) is 0.761. The molecule has 0 amide bonds. The first kappa shape index (κ1) is 10.1. The molecule has 1 aromatic rings. The number of nitrogens with zero attached hydrogens (tertiary/aromatic N) is 1. The predicted octanol–water partition coefficient (Wildman–Crippen LogP) is 2.79. The van der Waals surface area contributed by atoms with Gasteiger partial charge in [-0.3, -0.25) is 0 Å². The van der Waals surface area contributed by atoms with Gasteiger partial charge in [-0.05, 0) is 12.5 Å². The monoisotopic (exact) mass is 239 g/mol. The van der Waals surface area contributed by atoms with Crippen LogP contribution in [-0.4, -0.2) is 6.61 Å². The third-order valence-corrected chi connectivity index (χ3v) is 2.32. The Morgan fingerprint density at radius 3 is 2.92 bits per heavy atom. The lowest BCUT2D eigenvalue weighted by molar-refractivity contribution is 0.362. The molecule has 0 fully saturated rings. The van der Waals surface area contributed by atoms with Gasteiger partial charge in [-0.1, -0.05) is 34.1 Å². The molecule has 3 heteroatoms. The second kappa shape index (κ2) is 4.88. The highest BCUT2D eigenvalue weighted by Crippen LogP contribution is 2.25. The third kappa shape index (κ3) is 2.46. The number of benzene rings is 1. The third-order valence-electron chi connectivity index (χ3n) is 1.72. The number of hydrogen-bond acceptors (Lipinski definition) is 2. The normalized spacial score (nSPS) is 9.31. The number of nitriles is 1. The minimum atomic E-state index is 0.102. The molecule has 0 heterocycles. The SMILES string of the molecule is Cc1cccc(CBr)c1OCC#N. The molecule has 0 spiro atoms. The van der Waals surface area contributed by atoms with Gasteiger partial charge in [0.1, 0.15) is 11.8 Å². The summed E-state index contributed by atoms with van der Waals surface area (Å²) in [5, 5.41) is 9.14. The molecule has 0 radical (unpaired) electrons. The average molecular weight is 240 g/mol. The van der Waals surface area contributed by atoms with E-state index in [1.807, 2.05) is 31.2 Å². The van der Waals surface area contributed by atoms with Crippen molar-refractivity contribution in [3.63, 3.8) is 0 Å². The predicted molar refractivity (Wildman–Crippen MR) is 54.9 cm³/mol. The van der Waals surface area contributed by atoms with Crippen molar-refractivity contribution in [1.29, 1.82) is 5.26 Å². The number of aryl methyl sites for hydroxylation is 1. The van der Waals surface area contributed by atoms with E-state index in [1.165, 1.54) is 0 Å². The van der Waals surface area contributed by atoms with E-state index in [4.69, 9.17) is 10.00 Å². The van der Waals surface area contributed by atoms with Crippen molar-refractivity contribution < 1.29 is 4.74 Å². The van der Waals surface area contributed by atoms with E-state index in [2.05, 4.69) is 15.9 Å². The van der Waals surface area contributed by atoms with Crippen molar-refractivity contribution in [1.82, 2.24) is 0 Å². The summed E-state index contributed by atoms with van der Waals surface area (Å²) in [6.45, 7) is 2.07. The van der Waals surface area contributed by atoms with Crippen molar-refractivity contribution in [2.45, 2.75) is 12.3 Å². The molecule has 0 atom stereocenters. The Morgan fingerprint density at radius 2 is 2.31 bits per heavy atom. The van der Waals surface area contributed by atoms with E-state index in [0.717, 1.165) is 22.2 Å². The van der Waals surface area contributed by atoms with Crippen LogP contribution in [0.3, 0.4) is 0 Å². The lowest BCUT2D eigenvalue weighted by Crippen LogP contribution is -1.98. The van der Waals surface area contributed by atoms with E-state index < -0.39 is 0 Å². The average Bonchev–Trinajstić information content (AvgIpc) is 2.15. The summed E-state index contributed by atoms with van der Waals surface area (Å²) in [6, 6.07) is 7.89. The zero-order valence-corrected chi connectivity index (χ0v) is 8.97.